The van der Waals surface area contributed by atoms with Gasteiger partial charge < -0.3 is 10.0 Å². The number of rotatable bonds is 2. The van der Waals surface area contributed by atoms with Crippen LogP contribution in [-0.2, 0) is 4.79 Å². The van der Waals surface area contributed by atoms with Gasteiger partial charge in [0.2, 0.25) is 0 Å². The molecule has 0 unspecified atom stereocenters. The largest absolute Gasteiger partial charge is 0.480 e. The van der Waals surface area contributed by atoms with Gasteiger partial charge >= 0.3 is 5.97 Å². The van der Waals surface area contributed by atoms with Crippen molar-refractivity contribution in [3.8, 4) is 0 Å². The lowest BCUT2D eigenvalue weighted by atomic mass is 9.85. The molecule has 1 aromatic rings. The van der Waals surface area contributed by atoms with E-state index < -0.39 is 12.0 Å². The molecule has 0 spiro atoms. The van der Waals surface area contributed by atoms with Gasteiger partial charge in [-0.1, -0.05) is 17.3 Å². The van der Waals surface area contributed by atoms with Crippen molar-refractivity contribution >= 4 is 23.4 Å². The minimum atomic E-state index is -0.903. The number of hydrogen-bond acceptors (Lipinski definition) is 5. The SMILES string of the molecule is O=C(O)[C@@H]1C[C@H]2CCCC[C@@H]2N1C(=O)c1cnns1. The molecule has 1 aliphatic carbocycles. The van der Waals surface area contributed by atoms with Crippen molar-refractivity contribution in [3.05, 3.63) is 11.1 Å². The summed E-state index contributed by atoms with van der Waals surface area (Å²) in [6.07, 6.45) is 6.14. The van der Waals surface area contributed by atoms with Crippen molar-refractivity contribution in [1.82, 2.24) is 14.5 Å². The number of amides is 1. The molecule has 1 saturated carbocycles. The molecule has 2 fully saturated rings. The van der Waals surface area contributed by atoms with Gasteiger partial charge in [-0.05, 0) is 36.7 Å². The van der Waals surface area contributed by atoms with Crippen LogP contribution in [0.4, 0.5) is 0 Å². The third-order valence-corrected chi connectivity index (χ3v) is 4.83. The Morgan fingerprint density at radius 2 is 2.16 bits per heavy atom. The molecular formula is C12H15N3O3S. The van der Waals surface area contributed by atoms with Crippen LogP contribution in [0, 0.1) is 5.92 Å². The first-order valence-electron chi connectivity index (χ1n) is 6.51. The molecule has 2 aliphatic rings. The Morgan fingerprint density at radius 1 is 1.37 bits per heavy atom. The van der Waals surface area contributed by atoms with Gasteiger partial charge in [0.05, 0.1) is 6.20 Å². The van der Waals surface area contributed by atoms with Gasteiger partial charge in [-0.2, -0.15) is 0 Å². The summed E-state index contributed by atoms with van der Waals surface area (Å²) in [5.74, 6) is -0.795. The predicted molar refractivity (Wildman–Crippen MR) is 67.9 cm³/mol. The van der Waals surface area contributed by atoms with Crippen LogP contribution in [0.5, 0.6) is 0 Å². The summed E-state index contributed by atoms with van der Waals surface area (Å²) in [6, 6.07) is -0.618. The summed E-state index contributed by atoms with van der Waals surface area (Å²) >= 11 is 1.03. The highest BCUT2D eigenvalue weighted by atomic mass is 32.1. The molecule has 7 heteroatoms. The van der Waals surface area contributed by atoms with E-state index in [0.717, 1.165) is 37.2 Å². The smallest absolute Gasteiger partial charge is 0.326 e. The molecule has 1 aromatic heterocycles. The van der Waals surface area contributed by atoms with E-state index in [4.69, 9.17) is 0 Å². The van der Waals surface area contributed by atoms with E-state index in [1.54, 1.807) is 4.90 Å². The molecular weight excluding hydrogens is 266 g/mol. The average Bonchev–Trinajstić information content (AvgIpc) is 3.05. The van der Waals surface area contributed by atoms with Crippen LogP contribution in [0.1, 0.15) is 41.8 Å². The molecule has 3 atom stereocenters. The van der Waals surface area contributed by atoms with Crippen molar-refractivity contribution < 1.29 is 14.7 Å². The van der Waals surface area contributed by atoms with Crippen molar-refractivity contribution in [2.24, 2.45) is 5.92 Å². The summed E-state index contributed by atoms with van der Waals surface area (Å²) in [4.78, 5) is 25.9. The fourth-order valence-electron chi connectivity index (χ4n) is 3.36. The van der Waals surface area contributed by atoms with E-state index in [2.05, 4.69) is 9.59 Å². The maximum atomic E-state index is 12.5. The number of aromatic nitrogens is 2. The Kier molecular flexibility index (Phi) is 3.22. The van der Waals surface area contributed by atoms with E-state index in [0.29, 0.717) is 17.2 Å². The maximum Gasteiger partial charge on any atom is 0.326 e. The quantitative estimate of drug-likeness (QED) is 0.885. The zero-order valence-corrected chi connectivity index (χ0v) is 11.2. The summed E-state index contributed by atoms with van der Waals surface area (Å²) < 4.78 is 3.69. The van der Waals surface area contributed by atoms with Crippen LogP contribution in [0.2, 0.25) is 0 Å². The Hall–Kier alpha value is -1.50. The van der Waals surface area contributed by atoms with E-state index in [1.165, 1.54) is 6.20 Å². The average molecular weight is 281 g/mol. The molecule has 19 heavy (non-hydrogen) atoms. The molecule has 102 valence electrons. The molecule has 0 bridgehead atoms. The van der Waals surface area contributed by atoms with Crippen molar-refractivity contribution in [1.29, 1.82) is 0 Å². The van der Waals surface area contributed by atoms with Crippen molar-refractivity contribution in [2.45, 2.75) is 44.2 Å². The van der Waals surface area contributed by atoms with Crippen molar-refractivity contribution in [2.75, 3.05) is 0 Å². The maximum absolute atomic E-state index is 12.5. The van der Waals surface area contributed by atoms with Gasteiger partial charge in [0, 0.05) is 6.04 Å². The van der Waals surface area contributed by atoms with Crippen LogP contribution in [0.25, 0.3) is 0 Å². The zero-order chi connectivity index (χ0) is 13.4. The number of likely N-dealkylation sites (tertiary alicyclic amines) is 1. The lowest BCUT2D eigenvalue weighted by molar-refractivity contribution is -0.141. The Labute approximate surface area is 114 Å². The van der Waals surface area contributed by atoms with Crippen LogP contribution < -0.4 is 0 Å². The molecule has 1 amide bonds. The van der Waals surface area contributed by atoms with E-state index >= 15 is 0 Å². The summed E-state index contributed by atoms with van der Waals surface area (Å²) in [5, 5.41) is 13.0. The second kappa shape index (κ2) is 4.88. The third kappa shape index (κ3) is 2.11. The molecule has 1 saturated heterocycles. The van der Waals surface area contributed by atoms with Crippen LogP contribution >= 0.6 is 11.5 Å². The molecule has 1 aliphatic heterocycles. The molecule has 6 nitrogen and oxygen atoms in total. The van der Waals surface area contributed by atoms with Gasteiger partial charge in [-0.15, -0.1) is 5.10 Å². The first-order valence-corrected chi connectivity index (χ1v) is 7.28. The number of carboxylic acids is 1. The van der Waals surface area contributed by atoms with Crippen LogP contribution in [0.15, 0.2) is 6.20 Å². The van der Waals surface area contributed by atoms with Gasteiger partial charge in [0.25, 0.3) is 5.91 Å². The second-order valence-electron chi connectivity index (χ2n) is 5.20. The predicted octanol–water partition coefficient (Wildman–Crippen LogP) is 1.40. The summed E-state index contributed by atoms with van der Waals surface area (Å²) in [6.45, 7) is 0. The number of aliphatic carboxylic acids is 1. The second-order valence-corrected chi connectivity index (χ2v) is 5.98. The number of carbonyl (C=O) groups excluding carboxylic acids is 1. The standard InChI is InChI=1S/C12H15N3O3S/c16-11(10-6-13-14-19-10)15-8-4-2-1-3-7(8)5-9(15)12(17)18/h6-9H,1-5H2,(H,17,18)/t7-,8+,9+/m1/s1. The first kappa shape index (κ1) is 12.5. The topological polar surface area (TPSA) is 83.4 Å². The van der Waals surface area contributed by atoms with Crippen LogP contribution in [0.3, 0.4) is 0 Å². The third-order valence-electron chi connectivity index (χ3n) is 4.18. The Morgan fingerprint density at radius 3 is 2.84 bits per heavy atom. The van der Waals surface area contributed by atoms with Gasteiger partial charge in [-0.25, -0.2) is 4.79 Å². The van der Waals surface area contributed by atoms with E-state index in [9.17, 15) is 14.7 Å². The van der Waals surface area contributed by atoms with Crippen LogP contribution in [-0.4, -0.2) is 43.6 Å². The Bertz CT molecular complexity index is 490. The molecule has 2 heterocycles. The fourth-order valence-corrected chi connectivity index (χ4v) is 3.82. The van der Waals surface area contributed by atoms with Gasteiger partial charge in [-0.3, -0.25) is 4.79 Å². The number of nitrogens with zero attached hydrogens (tertiary/aromatic N) is 3. The van der Waals surface area contributed by atoms with Gasteiger partial charge in [0.15, 0.2) is 0 Å². The lowest BCUT2D eigenvalue weighted by Gasteiger charge is -2.32. The molecule has 0 aromatic carbocycles. The normalized spacial score (nSPS) is 30.1. The monoisotopic (exact) mass is 281 g/mol. The molecule has 0 radical (unpaired) electrons. The molecule has 1 N–H and O–H groups in total. The highest BCUT2D eigenvalue weighted by molar-refractivity contribution is 7.07. The van der Waals surface area contributed by atoms with E-state index in [1.807, 2.05) is 0 Å². The minimum absolute atomic E-state index is 0.0736. The molecule has 3 rings (SSSR count). The highest BCUT2D eigenvalue weighted by Crippen LogP contribution is 2.40. The number of fused-ring (bicyclic) bond motifs is 1. The minimum Gasteiger partial charge on any atom is -0.480 e. The number of hydrogen-bond donors (Lipinski definition) is 1. The van der Waals surface area contributed by atoms with Crippen molar-refractivity contribution in [3.63, 3.8) is 0 Å². The highest BCUT2D eigenvalue weighted by Gasteiger charge is 2.47. The summed E-state index contributed by atoms with van der Waals surface area (Å²) in [7, 11) is 0. The zero-order valence-electron chi connectivity index (χ0n) is 10.4. The Balaban J connectivity index is 1.90. The first-order chi connectivity index (χ1) is 9.18. The number of carbonyl (C=O) groups is 2. The fraction of sp³-hybridized carbons (Fsp3) is 0.667. The lowest BCUT2D eigenvalue weighted by Crippen LogP contribution is -2.46. The van der Waals surface area contributed by atoms with E-state index in [-0.39, 0.29) is 11.9 Å². The number of carboxylic acid groups (broad SMARTS) is 1. The van der Waals surface area contributed by atoms with Gasteiger partial charge in [0.1, 0.15) is 10.9 Å². The summed E-state index contributed by atoms with van der Waals surface area (Å²) in [5.41, 5.74) is 0.